The third-order valence-corrected chi connectivity index (χ3v) is 2.20. The van der Waals surface area contributed by atoms with Crippen molar-refractivity contribution in [3.05, 3.63) is 11.3 Å². The van der Waals surface area contributed by atoms with Gasteiger partial charge in [-0.15, -0.1) is 11.6 Å². The number of hydrogen-bond acceptors (Lipinski definition) is 1. The molecule has 0 radical (unpaired) electrons. The molecule has 1 atom stereocenters. The molecule has 0 heterocycles. The van der Waals surface area contributed by atoms with E-state index in [0.717, 1.165) is 0 Å². The highest BCUT2D eigenvalue weighted by Crippen LogP contribution is 2.17. The number of allylic oxidation sites excluding steroid dienone is 1. The molecule has 0 aliphatic heterocycles. The third-order valence-electron chi connectivity index (χ3n) is 0.924. The van der Waals surface area contributed by atoms with Crippen LogP contribution in [0.2, 0.25) is 19.6 Å². The molecular weight excluding hydrogens is 199 g/mol. The molecule has 0 amide bonds. The second-order valence-corrected chi connectivity index (χ2v) is 8.64. The van der Waals surface area contributed by atoms with Gasteiger partial charge >= 0.3 is 0 Å². The van der Waals surface area contributed by atoms with Gasteiger partial charge in [-0.05, 0) is 26.6 Å². The Labute approximate surface area is 79.5 Å². The molecule has 0 saturated carbocycles. The number of alkyl halides is 1. The standard InChI is InChI=1S/C7H14Cl2OSi/c1-6(9)7(5-8)10-11(2,3)4/h5-6H,1-4H3/b7-5-. The van der Waals surface area contributed by atoms with Gasteiger partial charge < -0.3 is 4.43 Å². The highest BCUT2D eigenvalue weighted by Gasteiger charge is 2.19. The molecule has 4 heteroatoms. The van der Waals surface area contributed by atoms with Gasteiger partial charge in [-0.1, -0.05) is 11.6 Å². The Morgan fingerprint density at radius 1 is 1.45 bits per heavy atom. The molecule has 11 heavy (non-hydrogen) atoms. The molecule has 0 N–H and O–H groups in total. The first-order valence-corrected chi connectivity index (χ1v) is 7.78. The number of rotatable bonds is 3. The van der Waals surface area contributed by atoms with Crippen LogP contribution in [0.15, 0.2) is 11.3 Å². The smallest absolute Gasteiger partial charge is 0.241 e. The van der Waals surface area contributed by atoms with E-state index >= 15 is 0 Å². The number of halogens is 2. The normalized spacial score (nSPS) is 16.4. The molecule has 1 nitrogen and oxygen atoms in total. The highest BCUT2D eigenvalue weighted by atomic mass is 35.5. The summed E-state index contributed by atoms with van der Waals surface area (Å²) < 4.78 is 5.58. The summed E-state index contributed by atoms with van der Waals surface area (Å²) in [5.74, 6) is 0.674. The molecule has 0 spiro atoms. The van der Waals surface area contributed by atoms with Gasteiger partial charge in [-0.25, -0.2) is 0 Å². The van der Waals surface area contributed by atoms with Crippen molar-refractivity contribution in [3.63, 3.8) is 0 Å². The van der Waals surface area contributed by atoms with E-state index in [2.05, 4.69) is 19.6 Å². The zero-order valence-corrected chi connectivity index (χ0v) is 9.83. The first-order chi connectivity index (χ1) is 4.87. The molecule has 0 aromatic heterocycles. The Morgan fingerprint density at radius 3 is 2.00 bits per heavy atom. The lowest BCUT2D eigenvalue weighted by Crippen LogP contribution is -2.26. The van der Waals surface area contributed by atoms with Crippen LogP contribution in [0, 0.1) is 0 Å². The van der Waals surface area contributed by atoms with Crippen LogP contribution in [0.4, 0.5) is 0 Å². The zero-order chi connectivity index (χ0) is 9.07. The van der Waals surface area contributed by atoms with Crippen LogP contribution < -0.4 is 0 Å². The lowest BCUT2D eigenvalue weighted by Gasteiger charge is -2.22. The van der Waals surface area contributed by atoms with E-state index in [1.807, 2.05) is 6.92 Å². The van der Waals surface area contributed by atoms with Gasteiger partial charge in [0.2, 0.25) is 8.32 Å². The monoisotopic (exact) mass is 212 g/mol. The van der Waals surface area contributed by atoms with Gasteiger partial charge in [-0.2, -0.15) is 0 Å². The maximum Gasteiger partial charge on any atom is 0.241 e. The van der Waals surface area contributed by atoms with Crippen LogP contribution in [-0.2, 0) is 4.43 Å². The summed E-state index contributed by atoms with van der Waals surface area (Å²) >= 11 is 11.3. The molecule has 0 saturated heterocycles. The maximum absolute atomic E-state index is 5.79. The molecule has 66 valence electrons. The second-order valence-electron chi connectivity index (χ2n) is 3.34. The van der Waals surface area contributed by atoms with Gasteiger partial charge in [-0.3, -0.25) is 0 Å². The lowest BCUT2D eigenvalue weighted by atomic mass is 10.4. The van der Waals surface area contributed by atoms with Crippen molar-refractivity contribution >= 4 is 31.5 Å². The van der Waals surface area contributed by atoms with Crippen molar-refractivity contribution < 1.29 is 4.43 Å². The number of hydrogen-bond donors (Lipinski definition) is 0. The highest BCUT2D eigenvalue weighted by molar-refractivity contribution is 6.70. The van der Waals surface area contributed by atoms with Gasteiger partial charge in [0.15, 0.2) is 0 Å². The fourth-order valence-corrected chi connectivity index (χ4v) is 2.04. The van der Waals surface area contributed by atoms with E-state index in [1.165, 1.54) is 5.54 Å². The summed E-state index contributed by atoms with van der Waals surface area (Å²) in [5.41, 5.74) is 1.41. The lowest BCUT2D eigenvalue weighted by molar-refractivity contribution is 0.409. The van der Waals surface area contributed by atoms with Crippen LogP contribution in [0.1, 0.15) is 6.92 Å². The van der Waals surface area contributed by atoms with Crippen molar-refractivity contribution in [3.8, 4) is 0 Å². The van der Waals surface area contributed by atoms with Crippen LogP contribution in [0.3, 0.4) is 0 Å². The largest absolute Gasteiger partial charge is 0.546 e. The first kappa shape index (κ1) is 11.3. The van der Waals surface area contributed by atoms with Gasteiger partial charge in [0, 0.05) is 5.54 Å². The van der Waals surface area contributed by atoms with Crippen LogP contribution in [0.25, 0.3) is 0 Å². The van der Waals surface area contributed by atoms with Gasteiger partial charge in [0.1, 0.15) is 5.76 Å². The minimum Gasteiger partial charge on any atom is -0.546 e. The average Bonchev–Trinajstić information content (AvgIpc) is 1.80. The Balaban J connectivity index is 4.12. The summed E-state index contributed by atoms with van der Waals surface area (Å²) in [7, 11) is -1.54. The molecule has 0 bridgehead atoms. The van der Waals surface area contributed by atoms with Crippen LogP contribution >= 0.6 is 23.2 Å². The Bertz CT molecular complexity index is 149. The molecule has 0 aliphatic rings. The van der Waals surface area contributed by atoms with Gasteiger partial charge in [0.25, 0.3) is 0 Å². The van der Waals surface area contributed by atoms with E-state index in [9.17, 15) is 0 Å². The van der Waals surface area contributed by atoms with Crippen LogP contribution in [-0.4, -0.2) is 13.7 Å². The molecule has 0 aromatic rings. The molecular formula is C7H14Cl2OSi. The summed E-state index contributed by atoms with van der Waals surface area (Å²) in [6.45, 7) is 8.11. The minimum atomic E-state index is -1.54. The van der Waals surface area contributed by atoms with Crippen molar-refractivity contribution in [2.45, 2.75) is 31.9 Å². The third kappa shape index (κ3) is 5.59. The van der Waals surface area contributed by atoms with E-state index in [4.69, 9.17) is 27.6 Å². The summed E-state index contributed by atoms with van der Waals surface area (Å²) in [5, 5.41) is -0.140. The molecule has 0 aliphatic carbocycles. The molecule has 0 aromatic carbocycles. The van der Waals surface area contributed by atoms with Crippen molar-refractivity contribution in [2.24, 2.45) is 0 Å². The molecule has 0 fully saturated rings. The summed E-state index contributed by atoms with van der Waals surface area (Å²) in [4.78, 5) is 0. The fourth-order valence-electron chi connectivity index (χ4n) is 0.544. The fraction of sp³-hybridized carbons (Fsp3) is 0.714. The van der Waals surface area contributed by atoms with E-state index in [-0.39, 0.29) is 5.38 Å². The summed E-state index contributed by atoms with van der Waals surface area (Å²) in [6.07, 6.45) is 0. The first-order valence-electron chi connectivity index (χ1n) is 3.50. The zero-order valence-electron chi connectivity index (χ0n) is 7.32. The van der Waals surface area contributed by atoms with E-state index < -0.39 is 8.32 Å². The molecule has 1 unspecified atom stereocenters. The van der Waals surface area contributed by atoms with Crippen molar-refractivity contribution in [1.82, 2.24) is 0 Å². The topological polar surface area (TPSA) is 9.23 Å². The summed E-state index contributed by atoms with van der Waals surface area (Å²) in [6, 6.07) is 0. The SMILES string of the molecule is CC(Cl)/C(=C/Cl)O[Si](C)(C)C. The Kier molecular flexibility index (Phi) is 4.52. The maximum atomic E-state index is 5.79. The van der Waals surface area contributed by atoms with Crippen molar-refractivity contribution in [2.75, 3.05) is 0 Å². The Hall–Kier alpha value is 0.337. The van der Waals surface area contributed by atoms with Crippen LogP contribution in [0.5, 0.6) is 0 Å². The minimum absolute atomic E-state index is 0.140. The van der Waals surface area contributed by atoms with Crippen molar-refractivity contribution in [1.29, 1.82) is 0 Å². The van der Waals surface area contributed by atoms with Gasteiger partial charge in [0.05, 0.1) is 5.38 Å². The predicted molar refractivity (Wildman–Crippen MR) is 53.7 cm³/mol. The quantitative estimate of drug-likeness (QED) is 0.395. The Morgan fingerprint density at radius 2 is 1.91 bits per heavy atom. The van der Waals surface area contributed by atoms with E-state index in [1.54, 1.807) is 0 Å². The van der Waals surface area contributed by atoms with E-state index in [0.29, 0.717) is 5.76 Å². The second kappa shape index (κ2) is 4.38. The molecule has 0 rings (SSSR count). The predicted octanol–water partition coefficient (Wildman–Crippen LogP) is 3.55. The average molecular weight is 213 g/mol.